The molecule has 0 aromatic heterocycles. The van der Waals surface area contributed by atoms with Gasteiger partial charge in [-0.3, -0.25) is 4.79 Å². The Bertz CT molecular complexity index is 612. The smallest absolute Gasteiger partial charge is 0.255 e. The number of hydrogen-bond donors (Lipinski definition) is 2. The Balaban J connectivity index is 1.58. The van der Waals surface area contributed by atoms with Crippen LogP contribution in [-0.2, 0) is 17.6 Å². The van der Waals surface area contributed by atoms with Gasteiger partial charge in [0.05, 0.1) is 0 Å². The lowest BCUT2D eigenvalue weighted by atomic mass is 10.1. The second kappa shape index (κ2) is 5.87. The molecular formula is C17H18N2O2. The van der Waals surface area contributed by atoms with Crippen LogP contribution in [0.4, 0.5) is 5.69 Å². The molecule has 0 atom stereocenters. The molecule has 0 heterocycles. The predicted molar refractivity (Wildman–Crippen MR) is 82.4 cm³/mol. The summed E-state index contributed by atoms with van der Waals surface area (Å²) in [4.78, 5) is 10.7. The third-order valence-electron chi connectivity index (χ3n) is 3.66. The Morgan fingerprint density at radius 1 is 1.10 bits per heavy atom. The molecule has 0 saturated carbocycles. The van der Waals surface area contributed by atoms with E-state index in [9.17, 15) is 4.79 Å². The summed E-state index contributed by atoms with van der Waals surface area (Å²) >= 11 is 0. The zero-order chi connectivity index (χ0) is 14.7. The standard InChI is InChI=1S/C17H18N2O2/c18-17(20)11-21-16-7-5-14(6-8-16)19-15-9-12-3-1-2-4-13(12)10-15/h1-8,15,19H,9-11H2,(H2,18,20). The summed E-state index contributed by atoms with van der Waals surface area (Å²) in [5.74, 6) is 0.176. The van der Waals surface area contributed by atoms with Gasteiger partial charge in [-0.2, -0.15) is 0 Å². The quantitative estimate of drug-likeness (QED) is 0.883. The van der Waals surface area contributed by atoms with Crippen LogP contribution < -0.4 is 15.8 Å². The van der Waals surface area contributed by atoms with E-state index < -0.39 is 5.91 Å². The molecule has 0 aliphatic heterocycles. The highest BCUT2D eigenvalue weighted by molar-refractivity contribution is 5.75. The average Bonchev–Trinajstić information content (AvgIpc) is 2.88. The van der Waals surface area contributed by atoms with Gasteiger partial charge in [0, 0.05) is 11.7 Å². The van der Waals surface area contributed by atoms with Crippen LogP contribution in [-0.4, -0.2) is 18.6 Å². The van der Waals surface area contributed by atoms with E-state index in [0.29, 0.717) is 11.8 Å². The molecular weight excluding hydrogens is 264 g/mol. The number of nitrogens with one attached hydrogen (secondary N) is 1. The van der Waals surface area contributed by atoms with Crippen LogP contribution in [0.15, 0.2) is 48.5 Å². The van der Waals surface area contributed by atoms with Gasteiger partial charge in [0.1, 0.15) is 5.75 Å². The minimum absolute atomic E-state index is 0.0925. The predicted octanol–water partition coefficient (Wildman–Crippen LogP) is 2.13. The van der Waals surface area contributed by atoms with E-state index in [0.717, 1.165) is 18.5 Å². The Morgan fingerprint density at radius 2 is 1.71 bits per heavy atom. The van der Waals surface area contributed by atoms with Crippen LogP contribution >= 0.6 is 0 Å². The largest absolute Gasteiger partial charge is 0.484 e. The second-order valence-corrected chi connectivity index (χ2v) is 5.30. The topological polar surface area (TPSA) is 64.4 Å². The van der Waals surface area contributed by atoms with E-state index in [1.54, 1.807) is 0 Å². The highest BCUT2D eigenvalue weighted by Crippen LogP contribution is 2.25. The number of benzene rings is 2. The minimum Gasteiger partial charge on any atom is -0.484 e. The molecule has 0 bridgehead atoms. The van der Waals surface area contributed by atoms with E-state index in [-0.39, 0.29) is 6.61 Å². The van der Waals surface area contributed by atoms with Crippen molar-refractivity contribution in [1.82, 2.24) is 0 Å². The molecule has 3 N–H and O–H groups in total. The lowest BCUT2D eigenvalue weighted by Gasteiger charge is -2.14. The lowest BCUT2D eigenvalue weighted by Crippen LogP contribution is -2.20. The van der Waals surface area contributed by atoms with Crippen molar-refractivity contribution in [3.05, 3.63) is 59.7 Å². The number of primary amides is 1. The van der Waals surface area contributed by atoms with Gasteiger partial charge in [-0.15, -0.1) is 0 Å². The fourth-order valence-corrected chi connectivity index (χ4v) is 2.70. The van der Waals surface area contributed by atoms with Crippen LogP contribution in [0.3, 0.4) is 0 Å². The van der Waals surface area contributed by atoms with Crippen molar-refractivity contribution in [1.29, 1.82) is 0 Å². The Labute approximate surface area is 123 Å². The SMILES string of the molecule is NC(=O)COc1ccc(NC2Cc3ccccc3C2)cc1. The van der Waals surface area contributed by atoms with Gasteiger partial charge in [0.15, 0.2) is 6.61 Å². The van der Waals surface area contributed by atoms with Gasteiger partial charge >= 0.3 is 0 Å². The third-order valence-corrected chi connectivity index (χ3v) is 3.66. The first kappa shape index (κ1) is 13.5. The number of nitrogens with two attached hydrogens (primary N) is 1. The van der Waals surface area contributed by atoms with Crippen molar-refractivity contribution in [3.63, 3.8) is 0 Å². The second-order valence-electron chi connectivity index (χ2n) is 5.30. The number of amides is 1. The van der Waals surface area contributed by atoms with Crippen molar-refractivity contribution in [2.24, 2.45) is 5.73 Å². The summed E-state index contributed by atoms with van der Waals surface area (Å²) in [7, 11) is 0. The molecule has 108 valence electrons. The zero-order valence-electron chi connectivity index (χ0n) is 11.7. The molecule has 1 aliphatic rings. The van der Waals surface area contributed by atoms with Gasteiger partial charge in [-0.05, 0) is 48.2 Å². The Morgan fingerprint density at radius 3 is 2.29 bits per heavy atom. The molecule has 4 heteroatoms. The highest BCUT2D eigenvalue weighted by Gasteiger charge is 2.20. The number of carbonyl (C=O) groups excluding carboxylic acids is 1. The molecule has 21 heavy (non-hydrogen) atoms. The fourth-order valence-electron chi connectivity index (χ4n) is 2.70. The normalized spacial score (nSPS) is 13.7. The van der Waals surface area contributed by atoms with Crippen LogP contribution in [0.1, 0.15) is 11.1 Å². The molecule has 2 aromatic rings. The molecule has 3 rings (SSSR count). The van der Waals surface area contributed by atoms with Gasteiger partial charge in [-0.25, -0.2) is 0 Å². The molecule has 0 radical (unpaired) electrons. The van der Waals surface area contributed by atoms with Crippen LogP contribution in [0.2, 0.25) is 0 Å². The first-order valence-corrected chi connectivity index (χ1v) is 7.05. The van der Waals surface area contributed by atoms with E-state index in [1.807, 2.05) is 24.3 Å². The first-order valence-electron chi connectivity index (χ1n) is 7.05. The van der Waals surface area contributed by atoms with Gasteiger partial charge in [-0.1, -0.05) is 24.3 Å². The molecule has 1 amide bonds. The monoisotopic (exact) mass is 282 g/mol. The molecule has 0 unspecified atom stereocenters. The molecule has 4 nitrogen and oxygen atoms in total. The Kier molecular flexibility index (Phi) is 3.77. The van der Waals surface area contributed by atoms with Crippen LogP contribution in [0.25, 0.3) is 0 Å². The van der Waals surface area contributed by atoms with E-state index in [1.165, 1.54) is 11.1 Å². The van der Waals surface area contributed by atoms with Crippen molar-refractivity contribution in [2.45, 2.75) is 18.9 Å². The fraction of sp³-hybridized carbons (Fsp3) is 0.235. The minimum atomic E-state index is -0.471. The van der Waals surface area contributed by atoms with Gasteiger partial charge in [0.25, 0.3) is 5.91 Å². The maximum atomic E-state index is 10.7. The van der Waals surface area contributed by atoms with Gasteiger partial charge < -0.3 is 15.8 Å². The number of fused-ring (bicyclic) bond motifs is 1. The number of hydrogen-bond acceptors (Lipinski definition) is 3. The summed E-state index contributed by atoms with van der Waals surface area (Å²) in [5, 5.41) is 3.53. The summed E-state index contributed by atoms with van der Waals surface area (Å²) in [6.45, 7) is -0.0925. The summed E-state index contributed by atoms with van der Waals surface area (Å²) in [6, 6.07) is 16.6. The van der Waals surface area contributed by atoms with E-state index in [2.05, 4.69) is 29.6 Å². The molecule has 0 saturated heterocycles. The van der Waals surface area contributed by atoms with Crippen LogP contribution in [0, 0.1) is 0 Å². The summed E-state index contributed by atoms with van der Waals surface area (Å²) in [5.41, 5.74) is 8.95. The maximum absolute atomic E-state index is 10.7. The zero-order valence-corrected chi connectivity index (χ0v) is 11.7. The maximum Gasteiger partial charge on any atom is 0.255 e. The summed E-state index contributed by atoms with van der Waals surface area (Å²) in [6.07, 6.45) is 2.10. The first-order chi connectivity index (χ1) is 10.2. The van der Waals surface area contributed by atoms with Crippen LogP contribution in [0.5, 0.6) is 5.75 Å². The van der Waals surface area contributed by atoms with E-state index in [4.69, 9.17) is 10.5 Å². The molecule has 0 fully saturated rings. The van der Waals surface area contributed by atoms with Crippen molar-refractivity contribution >= 4 is 11.6 Å². The van der Waals surface area contributed by atoms with Crippen molar-refractivity contribution in [3.8, 4) is 5.75 Å². The number of rotatable bonds is 5. The van der Waals surface area contributed by atoms with Gasteiger partial charge in [0.2, 0.25) is 0 Å². The van der Waals surface area contributed by atoms with Crippen molar-refractivity contribution in [2.75, 3.05) is 11.9 Å². The van der Waals surface area contributed by atoms with E-state index >= 15 is 0 Å². The third kappa shape index (κ3) is 3.34. The number of ether oxygens (including phenoxy) is 1. The summed E-state index contributed by atoms with van der Waals surface area (Å²) < 4.78 is 5.24. The highest BCUT2D eigenvalue weighted by atomic mass is 16.5. The van der Waals surface area contributed by atoms with Crippen molar-refractivity contribution < 1.29 is 9.53 Å². The molecule has 2 aromatic carbocycles. The molecule has 1 aliphatic carbocycles. The number of carbonyl (C=O) groups is 1. The average molecular weight is 282 g/mol. The lowest BCUT2D eigenvalue weighted by molar-refractivity contribution is -0.119. The molecule has 0 spiro atoms. The Hall–Kier alpha value is -2.49. The number of anilines is 1.